The maximum atomic E-state index is 12.7. The van der Waals surface area contributed by atoms with Crippen molar-refractivity contribution in [2.24, 2.45) is 0 Å². The van der Waals surface area contributed by atoms with Crippen molar-refractivity contribution in [1.29, 1.82) is 0 Å². The zero-order chi connectivity index (χ0) is 20.7. The average Bonchev–Trinajstić information content (AvgIpc) is 3.38. The van der Waals surface area contributed by atoms with Crippen LogP contribution in [0, 0.1) is 0 Å². The van der Waals surface area contributed by atoms with E-state index < -0.39 is 5.54 Å². The summed E-state index contributed by atoms with van der Waals surface area (Å²) >= 11 is 6.52. The third-order valence-corrected chi connectivity index (χ3v) is 6.24. The molecule has 1 fully saturated rings. The monoisotopic (exact) mass is 427 g/mol. The minimum atomic E-state index is -0.523. The molecule has 30 heavy (non-hydrogen) atoms. The van der Waals surface area contributed by atoms with Gasteiger partial charge in [-0.25, -0.2) is 4.79 Å². The molecule has 1 aromatic carbocycles. The lowest BCUT2D eigenvalue weighted by Gasteiger charge is -2.42. The van der Waals surface area contributed by atoms with Crippen LogP contribution in [0.3, 0.4) is 0 Å². The molecule has 1 spiro atoms. The summed E-state index contributed by atoms with van der Waals surface area (Å²) in [7, 11) is 0. The number of carbonyl (C=O) groups excluding carboxylic acids is 2. The lowest BCUT2D eigenvalue weighted by Crippen LogP contribution is -2.52. The molecular formula is C21H22ClN5O3. The second kappa shape index (κ2) is 7.36. The van der Waals surface area contributed by atoms with Crippen LogP contribution in [0.25, 0.3) is 11.0 Å². The number of rotatable bonds is 4. The maximum Gasteiger partial charge on any atom is 0.319 e. The Morgan fingerprint density at radius 2 is 2.13 bits per heavy atom. The van der Waals surface area contributed by atoms with Crippen LogP contribution in [0.2, 0.25) is 5.02 Å². The average molecular weight is 428 g/mol. The fraction of sp³-hybridized carbons (Fsp3) is 0.381. The van der Waals surface area contributed by atoms with Gasteiger partial charge in [0.1, 0.15) is 5.58 Å². The van der Waals surface area contributed by atoms with E-state index in [2.05, 4.69) is 21.0 Å². The molecule has 156 valence electrons. The van der Waals surface area contributed by atoms with Gasteiger partial charge in [-0.2, -0.15) is 5.10 Å². The highest BCUT2D eigenvalue weighted by Crippen LogP contribution is 2.48. The van der Waals surface area contributed by atoms with Gasteiger partial charge in [0.25, 0.3) is 5.91 Å². The molecule has 2 aliphatic rings. The fourth-order valence-corrected chi connectivity index (χ4v) is 4.86. The molecular weight excluding hydrogens is 406 g/mol. The van der Waals surface area contributed by atoms with E-state index >= 15 is 0 Å². The van der Waals surface area contributed by atoms with Crippen molar-refractivity contribution in [2.45, 2.75) is 44.2 Å². The molecule has 3 N–H and O–H groups in total. The minimum Gasteiger partial charge on any atom is -0.450 e. The number of hydrogen-bond donors (Lipinski definition) is 3. The van der Waals surface area contributed by atoms with E-state index in [1.807, 2.05) is 12.3 Å². The van der Waals surface area contributed by atoms with Crippen molar-refractivity contribution in [3.8, 4) is 0 Å². The number of anilines is 1. The Morgan fingerprint density at radius 1 is 1.30 bits per heavy atom. The van der Waals surface area contributed by atoms with Gasteiger partial charge in [0.2, 0.25) is 0 Å². The number of halogens is 1. The minimum absolute atomic E-state index is 0.220. The number of nitrogens with one attached hydrogen (secondary N) is 3. The van der Waals surface area contributed by atoms with E-state index in [0.717, 1.165) is 43.1 Å². The van der Waals surface area contributed by atoms with E-state index in [4.69, 9.17) is 16.0 Å². The molecule has 0 atom stereocenters. The van der Waals surface area contributed by atoms with Gasteiger partial charge in [0.15, 0.2) is 5.76 Å². The van der Waals surface area contributed by atoms with Gasteiger partial charge < -0.3 is 20.4 Å². The number of nitrogens with zero attached hydrogens (tertiary/aromatic N) is 2. The van der Waals surface area contributed by atoms with Crippen molar-refractivity contribution < 1.29 is 14.0 Å². The van der Waals surface area contributed by atoms with Crippen LogP contribution in [0.15, 0.2) is 35.0 Å². The van der Waals surface area contributed by atoms with Crippen LogP contribution in [0.4, 0.5) is 10.5 Å². The van der Waals surface area contributed by atoms with Crippen LogP contribution in [-0.2, 0) is 12.1 Å². The molecule has 1 saturated carbocycles. The topological polar surface area (TPSA) is 101 Å². The van der Waals surface area contributed by atoms with Gasteiger partial charge in [-0.05, 0) is 31.0 Å². The number of aromatic nitrogens is 2. The maximum absolute atomic E-state index is 12.7. The van der Waals surface area contributed by atoms with Gasteiger partial charge in [-0.3, -0.25) is 9.48 Å². The number of hydrogen-bond acceptors (Lipinski definition) is 4. The third kappa shape index (κ3) is 3.21. The molecule has 3 amide bonds. The highest BCUT2D eigenvalue weighted by atomic mass is 35.5. The fourth-order valence-electron chi connectivity index (χ4n) is 4.60. The molecule has 3 heterocycles. The predicted molar refractivity (Wildman–Crippen MR) is 113 cm³/mol. The van der Waals surface area contributed by atoms with E-state index in [1.54, 1.807) is 23.0 Å². The van der Waals surface area contributed by atoms with Crippen LogP contribution < -0.4 is 16.0 Å². The first-order valence-electron chi connectivity index (χ1n) is 10.2. The van der Waals surface area contributed by atoms with Gasteiger partial charge in [0, 0.05) is 29.9 Å². The first-order chi connectivity index (χ1) is 14.6. The van der Waals surface area contributed by atoms with E-state index in [0.29, 0.717) is 29.4 Å². The normalized spacial score (nSPS) is 17.4. The van der Waals surface area contributed by atoms with Crippen LogP contribution >= 0.6 is 11.6 Å². The number of urea groups is 1. The van der Waals surface area contributed by atoms with Gasteiger partial charge in [-0.1, -0.05) is 30.9 Å². The number of amides is 3. The summed E-state index contributed by atoms with van der Waals surface area (Å²) in [5, 5.41) is 14.1. The lowest BCUT2D eigenvalue weighted by atomic mass is 9.74. The Kier molecular flexibility index (Phi) is 4.66. The molecule has 8 nitrogen and oxygen atoms in total. The number of furan rings is 1. The first-order valence-corrected chi connectivity index (χ1v) is 10.5. The molecule has 0 radical (unpaired) electrons. The highest BCUT2D eigenvalue weighted by Gasteiger charge is 2.43. The second-order valence-electron chi connectivity index (χ2n) is 7.88. The summed E-state index contributed by atoms with van der Waals surface area (Å²) in [6.45, 7) is 0.997. The summed E-state index contributed by atoms with van der Waals surface area (Å²) in [4.78, 5) is 25.0. The number of carbonyl (C=O) groups is 2. The molecule has 1 aliphatic heterocycles. The predicted octanol–water partition coefficient (Wildman–Crippen LogP) is 4.01. The molecule has 3 aromatic rings. The van der Waals surface area contributed by atoms with Crippen molar-refractivity contribution in [3.63, 3.8) is 0 Å². The van der Waals surface area contributed by atoms with E-state index in [1.165, 1.54) is 0 Å². The van der Waals surface area contributed by atoms with Crippen molar-refractivity contribution in [3.05, 3.63) is 46.9 Å². The Morgan fingerprint density at radius 3 is 2.90 bits per heavy atom. The van der Waals surface area contributed by atoms with E-state index in [-0.39, 0.29) is 17.7 Å². The summed E-state index contributed by atoms with van der Waals surface area (Å²) in [5.41, 5.74) is 1.50. The van der Waals surface area contributed by atoms with Gasteiger partial charge in [0.05, 0.1) is 22.8 Å². The zero-order valence-electron chi connectivity index (χ0n) is 16.3. The molecule has 9 heteroatoms. The van der Waals surface area contributed by atoms with E-state index in [9.17, 15) is 9.59 Å². The van der Waals surface area contributed by atoms with Crippen molar-refractivity contribution >= 4 is 40.2 Å². The summed E-state index contributed by atoms with van der Waals surface area (Å²) in [5.74, 6) is -0.0773. The molecule has 5 rings (SSSR count). The largest absolute Gasteiger partial charge is 0.450 e. The summed E-state index contributed by atoms with van der Waals surface area (Å²) < 4.78 is 7.80. The Labute approximate surface area is 177 Å². The van der Waals surface area contributed by atoms with Crippen LogP contribution in [0.5, 0.6) is 0 Å². The number of fused-ring (bicyclic) bond motifs is 4. The van der Waals surface area contributed by atoms with Gasteiger partial charge in [-0.15, -0.1) is 0 Å². The molecule has 2 aromatic heterocycles. The number of benzene rings is 1. The van der Waals surface area contributed by atoms with Crippen LogP contribution in [-0.4, -0.2) is 28.3 Å². The molecule has 0 unspecified atom stereocenters. The summed E-state index contributed by atoms with van der Waals surface area (Å²) in [6, 6.07) is 5.02. The quantitative estimate of drug-likeness (QED) is 0.585. The Hall–Kier alpha value is -3.00. The van der Waals surface area contributed by atoms with Gasteiger partial charge >= 0.3 is 6.03 Å². The van der Waals surface area contributed by atoms with Crippen LogP contribution in [0.1, 0.15) is 48.2 Å². The molecule has 1 aliphatic carbocycles. The second-order valence-corrected chi connectivity index (χ2v) is 8.29. The lowest BCUT2D eigenvalue weighted by molar-refractivity contribution is 0.0926. The Bertz CT molecular complexity index is 1120. The first kappa shape index (κ1) is 19.0. The SMILES string of the molecule is O=C1Nc2c(Cl)cc3cc(C(=O)NCCn4cccn4)oc3c2C2(CCCCC2)N1. The summed E-state index contributed by atoms with van der Waals surface area (Å²) in [6.07, 6.45) is 8.31. The van der Waals surface area contributed by atoms with Crippen molar-refractivity contribution in [2.75, 3.05) is 11.9 Å². The van der Waals surface area contributed by atoms with Crippen molar-refractivity contribution in [1.82, 2.24) is 20.4 Å². The third-order valence-electron chi connectivity index (χ3n) is 5.95. The molecule has 0 bridgehead atoms. The highest BCUT2D eigenvalue weighted by molar-refractivity contribution is 6.35. The Balaban J connectivity index is 1.49. The zero-order valence-corrected chi connectivity index (χ0v) is 17.1. The molecule has 0 saturated heterocycles. The standard InChI is InChI=1S/C21H22ClN5O3/c22-14-11-13-12-15(19(28)23-8-10-27-9-4-7-24-27)30-18(13)16-17(14)25-20(29)26-21(16)5-2-1-3-6-21/h4,7,9,11-12H,1-3,5-6,8,10H2,(H,23,28)(H2,25,26,29). The smallest absolute Gasteiger partial charge is 0.319 e.